The molecule has 2 aromatic heterocycles. The molecular weight excluding hydrogens is 895 g/mol. The molecule has 4 aliphatic heterocycles. The van der Waals surface area contributed by atoms with Crippen LogP contribution in [0.1, 0.15) is 96.8 Å². The van der Waals surface area contributed by atoms with E-state index in [1.165, 1.54) is 21.2 Å². The van der Waals surface area contributed by atoms with E-state index in [0.717, 1.165) is 57.5 Å². The van der Waals surface area contributed by atoms with Gasteiger partial charge in [-0.15, -0.1) is 11.3 Å². The number of benzene rings is 1. The number of amides is 4. The van der Waals surface area contributed by atoms with Crippen LogP contribution in [0.25, 0.3) is 27.7 Å². The Balaban J connectivity index is 1.20. The first-order valence-corrected chi connectivity index (χ1v) is 25.1. The number of aryl methyl sites for hydroxylation is 1. The molecule has 2 saturated heterocycles. The number of carbonyl (C=O) groups is 5. The Morgan fingerprint density at radius 1 is 1.10 bits per heavy atom. The number of aromatic nitrogens is 2. The summed E-state index contributed by atoms with van der Waals surface area (Å²) < 4.78 is 14.2. The third-order valence-corrected chi connectivity index (χ3v) is 15.2. The monoisotopic (exact) mass is 966 g/mol. The molecule has 4 aliphatic rings. The number of hydrogen-bond acceptors (Lipinski definition) is 12. The van der Waals surface area contributed by atoms with Crippen LogP contribution in [-0.4, -0.2) is 149 Å². The number of hydrazine groups is 1. The van der Waals surface area contributed by atoms with Crippen molar-refractivity contribution in [2.75, 3.05) is 54.5 Å². The molecule has 5 atom stereocenters. The van der Waals surface area contributed by atoms with E-state index in [2.05, 4.69) is 66.2 Å². The molecule has 16 nitrogen and oxygen atoms in total. The molecule has 69 heavy (non-hydrogen) atoms. The maximum atomic E-state index is 14.7. The summed E-state index contributed by atoms with van der Waals surface area (Å²) in [6, 6.07) is 3.55. The summed E-state index contributed by atoms with van der Waals surface area (Å²) in [6.07, 6.45) is 5.48. The van der Waals surface area contributed by atoms with Crippen molar-refractivity contribution in [3.05, 3.63) is 45.5 Å². The molecule has 0 unspecified atom stereocenters. The number of aliphatic imine (C=N–C) groups is 1. The van der Waals surface area contributed by atoms with Crippen molar-refractivity contribution in [3.8, 4) is 23.1 Å². The van der Waals surface area contributed by atoms with Gasteiger partial charge in [0.1, 0.15) is 18.1 Å². The molecular formula is C52H71N9O7S. The molecule has 6 heterocycles. The minimum atomic E-state index is -1.09. The predicted octanol–water partition coefficient (Wildman–Crippen LogP) is 5.24. The van der Waals surface area contributed by atoms with Crippen molar-refractivity contribution in [2.45, 2.75) is 123 Å². The van der Waals surface area contributed by atoms with Gasteiger partial charge in [0, 0.05) is 92.0 Å². The topological polar surface area (TPSA) is 171 Å². The number of methoxy groups -OCH3 is 1. The number of thiazole rings is 1. The second-order valence-electron chi connectivity index (χ2n) is 20.9. The summed E-state index contributed by atoms with van der Waals surface area (Å²) in [6.45, 7) is 14.8. The van der Waals surface area contributed by atoms with Gasteiger partial charge >= 0.3 is 5.97 Å². The average Bonchev–Trinajstić information content (AvgIpc) is 4.07. The minimum Gasteiger partial charge on any atom is -0.464 e. The van der Waals surface area contributed by atoms with E-state index >= 15 is 0 Å². The van der Waals surface area contributed by atoms with Crippen LogP contribution in [0.5, 0.6) is 0 Å². The Labute approximate surface area is 411 Å². The highest BCUT2D eigenvalue weighted by atomic mass is 32.1. The maximum Gasteiger partial charge on any atom is 0.324 e. The van der Waals surface area contributed by atoms with E-state index in [4.69, 9.17) is 19.5 Å². The largest absolute Gasteiger partial charge is 0.464 e. The first-order chi connectivity index (χ1) is 32.6. The number of ether oxygens (including phenoxy) is 2. The van der Waals surface area contributed by atoms with E-state index in [1.807, 2.05) is 65.2 Å². The summed E-state index contributed by atoms with van der Waals surface area (Å²) in [7, 11) is 9.19. The van der Waals surface area contributed by atoms with Gasteiger partial charge in [0.25, 0.3) is 11.8 Å². The van der Waals surface area contributed by atoms with Gasteiger partial charge in [0.15, 0.2) is 0 Å². The number of hydrogen-bond donors (Lipinski definition) is 2. The van der Waals surface area contributed by atoms with E-state index < -0.39 is 52.8 Å². The van der Waals surface area contributed by atoms with Crippen LogP contribution in [0.4, 0.5) is 0 Å². The highest BCUT2D eigenvalue weighted by Gasteiger charge is 2.41. The number of rotatable bonds is 9. The van der Waals surface area contributed by atoms with E-state index in [-0.39, 0.29) is 43.4 Å². The van der Waals surface area contributed by atoms with Gasteiger partial charge in [0.05, 0.1) is 40.6 Å². The lowest BCUT2D eigenvalue weighted by Crippen LogP contribution is -2.62. The molecule has 1 aromatic carbocycles. The van der Waals surface area contributed by atoms with Crippen LogP contribution >= 0.6 is 11.3 Å². The summed E-state index contributed by atoms with van der Waals surface area (Å²) in [5, 5.41) is 8.13. The molecule has 2 fully saturated rings. The molecule has 372 valence electrons. The van der Waals surface area contributed by atoms with Gasteiger partial charge in [0.2, 0.25) is 11.8 Å². The molecule has 6 bridgehead atoms. The number of nitrogens with one attached hydrogen (secondary N) is 2. The van der Waals surface area contributed by atoms with E-state index in [0.29, 0.717) is 43.8 Å². The predicted molar refractivity (Wildman–Crippen MR) is 269 cm³/mol. The molecule has 2 N–H and O–H groups in total. The Morgan fingerprint density at radius 2 is 1.86 bits per heavy atom. The number of likely N-dealkylation sites (N-methyl/N-ethyl adjacent to an activating group) is 1. The van der Waals surface area contributed by atoms with Crippen molar-refractivity contribution < 1.29 is 33.4 Å². The Bertz CT molecular complexity index is 2600. The van der Waals surface area contributed by atoms with Crippen LogP contribution in [0.3, 0.4) is 0 Å². The van der Waals surface area contributed by atoms with Gasteiger partial charge in [-0.3, -0.25) is 38.9 Å². The summed E-state index contributed by atoms with van der Waals surface area (Å²) in [5.74, 6) is 2.98. The third kappa shape index (κ3) is 11.1. The normalized spacial score (nSPS) is 22.0. The van der Waals surface area contributed by atoms with Crippen molar-refractivity contribution in [1.29, 1.82) is 0 Å². The summed E-state index contributed by atoms with van der Waals surface area (Å²) in [5.41, 5.74) is 9.10. The quantitative estimate of drug-likeness (QED) is 0.214. The van der Waals surface area contributed by atoms with Gasteiger partial charge in [-0.05, 0) is 103 Å². The number of fused-ring (bicyclic) bond motifs is 6. The number of carbonyl (C=O) groups excluding carboxylic acids is 5. The summed E-state index contributed by atoms with van der Waals surface area (Å²) in [4.78, 5) is 85.3. The Hall–Kier alpha value is -5.41. The SMILES string of the molecule is CO[C@@H](C)C1=C(c2c3c4cc(ccc4n2C)-c2csc(n2)C[C@H](NC(=O)[C@H](C(C)C)N(C)C(=O)[C@H]2CCN(C(=O)C#CC(C)(C)N(C)C)C2)C(=O)N2CCC[C@H](N2)C(=O)OCC(C)(C)C3)CCC=N1. The number of cyclic esters (lactones) is 1. The van der Waals surface area contributed by atoms with Gasteiger partial charge in [-0.25, -0.2) is 10.4 Å². The fourth-order valence-electron chi connectivity index (χ4n) is 9.79. The van der Waals surface area contributed by atoms with Crippen molar-refractivity contribution in [2.24, 2.45) is 29.3 Å². The molecule has 0 radical (unpaired) electrons. The van der Waals surface area contributed by atoms with Crippen molar-refractivity contribution >= 4 is 63.6 Å². The Kier molecular flexibility index (Phi) is 15.6. The molecule has 0 saturated carbocycles. The zero-order valence-electron chi connectivity index (χ0n) is 42.5. The van der Waals surface area contributed by atoms with E-state index in [9.17, 15) is 24.0 Å². The smallest absolute Gasteiger partial charge is 0.324 e. The highest BCUT2D eigenvalue weighted by Crippen LogP contribution is 2.41. The number of esters is 1. The molecule has 17 heteroatoms. The van der Waals surface area contributed by atoms with Crippen LogP contribution in [0.2, 0.25) is 0 Å². The minimum absolute atomic E-state index is 0.0721. The fourth-order valence-corrected chi connectivity index (χ4v) is 10.6. The average molecular weight is 966 g/mol. The van der Waals surface area contributed by atoms with Gasteiger partial charge in [-0.1, -0.05) is 39.7 Å². The molecule has 3 aromatic rings. The fraction of sp³-hybridized carbons (Fsp3) is 0.596. The van der Waals surface area contributed by atoms with Gasteiger partial charge < -0.3 is 29.2 Å². The lowest BCUT2D eigenvalue weighted by molar-refractivity contribution is -0.155. The second kappa shape index (κ2) is 20.9. The second-order valence-corrected chi connectivity index (χ2v) is 21.9. The van der Waals surface area contributed by atoms with Gasteiger partial charge in [-0.2, -0.15) is 0 Å². The number of allylic oxidation sites excluding steroid dienone is 1. The van der Waals surface area contributed by atoms with Crippen molar-refractivity contribution in [3.63, 3.8) is 0 Å². The van der Waals surface area contributed by atoms with Crippen LogP contribution in [0.15, 0.2) is 34.3 Å². The number of likely N-dealkylation sites (tertiary alicyclic amines) is 1. The Morgan fingerprint density at radius 3 is 2.57 bits per heavy atom. The van der Waals surface area contributed by atoms with Crippen LogP contribution in [-0.2, 0) is 53.3 Å². The first kappa shape index (κ1) is 51.4. The number of nitrogens with zero attached hydrogens (tertiary/aromatic N) is 7. The first-order valence-electron chi connectivity index (χ1n) is 24.3. The standard InChI is InChI=1S/C52H71N9O7S/c1-31(2)45(59(11)48(64)34-20-24-60(28-34)43(62)19-21-52(6,7)57(8)9)47(63)55-39-26-42-54-40(29-69-42)33-17-18-41-36(25-33)37(46(58(41)10)35-15-13-22-53-44(35)32(3)67-12)27-51(4,5)30-68-50(66)38-16-14-23-61(56-38)49(39)65/h17-18,22,25,29,31-32,34,38-39,45,56H,13-16,20,23-24,26-28,30H2,1-12H3,(H,55,63)/t32-,34-,38-,39-,45-/m0/s1. The highest BCUT2D eigenvalue weighted by molar-refractivity contribution is 7.10. The van der Waals surface area contributed by atoms with Crippen LogP contribution < -0.4 is 10.7 Å². The maximum absolute atomic E-state index is 14.7. The lowest BCUT2D eigenvalue weighted by Gasteiger charge is -2.36. The molecule has 0 aliphatic carbocycles. The van der Waals surface area contributed by atoms with Crippen molar-refractivity contribution in [1.82, 2.24) is 40.0 Å². The molecule has 7 rings (SSSR count). The molecule has 0 spiro atoms. The zero-order chi connectivity index (χ0) is 50.1. The van der Waals surface area contributed by atoms with E-state index in [1.54, 1.807) is 19.1 Å². The molecule has 4 amide bonds. The summed E-state index contributed by atoms with van der Waals surface area (Å²) >= 11 is 1.41. The lowest BCUT2D eigenvalue weighted by atomic mass is 9.83. The zero-order valence-corrected chi connectivity index (χ0v) is 43.3. The third-order valence-electron chi connectivity index (χ3n) is 14.3. The van der Waals surface area contributed by atoms with Crippen LogP contribution in [0, 0.1) is 29.1 Å².